The number of hydrogen-bond donors (Lipinski definition) is 2. The Bertz CT molecular complexity index is 1190. The molecule has 0 radical (unpaired) electrons. The lowest BCUT2D eigenvalue weighted by molar-refractivity contribution is 1.12. The van der Waals surface area contributed by atoms with Crippen molar-refractivity contribution in [3.05, 3.63) is 58.9 Å². The first-order valence-electron chi connectivity index (χ1n) is 7.84. The van der Waals surface area contributed by atoms with Crippen LogP contribution < -0.4 is 5.73 Å². The van der Waals surface area contributed by atoms with E-state index in [1.165, 1.54) is 0 Å². The molecule has 3 N–H and O–H groups in total. The number of nitriles is 1. The molecule has 0 saturated carbocycles. The summed E-state index contributed by atoms with van der Waals surface area (Å²) >= 11 is 6.37. The van der Waals surface area contributed by atoms with Gasteiger partial charge >= 0.3 is 0 Å². The number of aryl methyl sites for hydroxylation is 1. The van der Waals surface area contributed by atoms with Crippen LogP contribution in [0.5, 0.6) is 0 Å². The SMILES string of the molecule is Cc1cccc(-c2nc(N)c(C#N)nc2-c2cc(Cl)c3[nH]ncc3c2)c1. The van der Waals surface area contributed by atoms with Gasteiger partial charge in [-0.1, -0.05) is 35.4 Å². The highest BCUT2D eigenvalue weighted by atomic mass is 35.5. The maximum atomic E-state index is 9.32. The molecule has 0 aliphatic carbocycles. The monoisotopic (exact) mass is 360 g/mol. The Morgan fingerprint density at radius 2 is 1.92 bits per heavy atom. The lowest BCUT2D eigenvalue weighted by atomic mass is 10.0. The Kier molecular flexibility index (Phi) is 3.79. The lowest BCUT2D eigenvalue weighted by Gasteiger charge is -2.11. The number of anilines is 1. The summed E-state index contributed by atoms with van der Waals surface area (Å²) in [6.45, 7) is 2.00. The predicted molar refractivity (Wildman–Crippen MR) is 101 cm³/mol. The zero-order valence-corrected chi connectivity index (χ0v) is 14.5. The zero-order valence-electron chi connectivity index (χ0n) is 13.8. The van der Waals surface area contributed by atoms with E-state index in [-0.39, 0.29) is 11.5 Å². The van der Waals surface area contributed by atoms with Crippen molar-refractivity contribution in [3.8, 4) is 28.6 Å². The summed E-state index contributed by atoms with van der Waals surface area (Å²) in [5, 5.41) is 17.6. The molecule has 0 bridgehead atoms. The summed E-state index contributed by atoms with van der Waals surface area (Å²) in [6, 6.07) is 13.6. The first-order valence-corrected chi connectivity index (χ1v) is 8.22. The Balaban J connectivity index is 2.03. The molecule has 126 valence electrons. The van der Waals surface area contributed by atoms with E-state index in [1.54, 1.807) is 12.3 Å². The molecule has 0 unspecified atom stereocenters. The van der Waals surface area contributed by atoms with Crippen molar-refractivity contribution in [1.29, 1.82) is 5.26 Å². The number of H-pyrrole nitrogens is 1. The van der Waals surface area contributed by atoms with Gasteiger partial charge in [0.1, 0.15) is 6.07 Å². The van der Waals surface area contributed by atoms with Gasteiger partial charge in [-0.2, -0.15) is 10.4 Å². The van der Waals surface area contributed by atoms with Crippen molar-refractivity contribution in [3.63, 3.8) is 0 Å². The fourth-order valence-electron chi connectivity index (χ4n) is 2.88. The zero-order chi connectivity index (χ0) is 18.3. The largest absolute Gasteiger partial charge is 0.381 e. The van der Waals surface area contributed by atoms with Gasteiger partial charge < -0.3 is 5.73 Å². The molecule has 0 aliphatic rings. The van der Waals surface area contributed by atoms with E-state index in [9.17, 15) is 5.26 Å². The number of nitrogens with one attached hydrogen (secondary N) is 1. The molecule has 26 heavy (non-hydrogen) atoms. The Labute approximate surface area is 154 Å². The number of nitrogen functional groups attached to an aromatic ring is 1. The summed E-state index contributed by atoms with van der Waals surface area (Å²) in [6.07, 6.45) is 1.69. The minimum absolute atomic E-state index is 0.0832. The fourth-order valence-corrected chi connectivity index (χ4v) is 3.15. The average molecular weight is 361 g/mol. The highest BCUT2D eigenvalue weighted by molar-refractivity contribution is 6.35. The quantitative estimate of drug-likeness (QED) is 0.560. The van der Waals surface area contributed by atoms with E-state index in [2.05, 4.69) is 20.2 Å². The fraction of sp³-hybridized carbons (Fsp3) is 0.0526. The summed E-state index contributed by atoms with van der Waals surface area (Å²) < 4.78 is 0. The third-order valence-corrected chi connectivity index (χ3v) is 4.39. The molecule has 0 saturated heterocycles. The van der Waals surface area contributed by atoms with Crippen LogP contribution in [0.25, 0.3) is 33.4 Å². The van der Waals surface area contributed by atoms with E-state index in [4.69, 9.17) is 17.3 Å². The molecule has 0 fully saturated rings. The van der Waals surface area contributed by atoms with Crippen LogP contribution in [0.3, 0.4) is 0 Å². The number of fused-ring (bicyclic) bond motifs is 1. The number of nitrogens with zero attached hydrogens (tertiary/aromatic N) is 4. The number of halogens is 1. The molecule has 4 rings (SSSR count). The highest BCUT2D eigenvalue weighted by Crippen LogP contribution is 2.34. The molecule has 0 spiro atoms. The van der Waals surface area contributed by atoms with Crippen LogP contribution in [0.4, 0.5) is 5.82 Å². The molecule has 0 atom stereocenters. The van der Waals surface area contributed by atoms with Gasteiger partial charge in [-0.05, 0) is 25.1 Å². The number of aromatic amines is 1. The molecule has 2 aromatic carbocycles. The second-order valence-corrected chi connectivity index (χ2v) is 6.34. The predicted octanol–water partition coefficient (Wildman–Crippen LogP) is 4.10. The summed E-state index contributed by atoms with van der Waals surface area (Å²) in [5.41, 5.74) is 10.6. The van der Waals surface area contributed by atoms with E-state index >= 15 is 0 Å². The molecule has 0 aliphatic heterocycles. The van der Waals surface area contributed by atoms with Crippen molar-refractivity contribution in [2.75, 3.05) is 5.73 Å². The van der Waals surface area contributed by atoms with Crippen molar-refractivity contribution < 1.29 is 0 Å². The molecule has 4 aromatic rings. The van der Waals surface area contributed by atoms with Gasteiger partial charge in [-0.3, -0.25) is 5.10 Å². The minimum atomic E-state index is 0.0832. The first kappa shape index (κ1) is 16.1. The molecular weight excluding hydrogens is 348 g/mol. The summed E-state index contributed by atoms with van der Waals surface area (Å²) in [7, 11) is 0. The third kappa shape index (κ3) is 2.65. The molecule has 2 aromatic heterocycles. The van der Waals surface area contributed by atoms with Gasteiger partial charge in [0, 0.05) is 16.5 Å². The van der Waals surface area contributed by atoms with Crippen LogP contribution in [0.1, 0.15) is 11.3 Å². The molecule has 0 amide bonds. The van der Waals surface area contributed by atoms with Gasteiger partial charge in [-0.15, -0.1) is 0 Å². The smallest absolute Gasteiger partial charge is 0.183 e. The van der Waals surface area contributed by atoms with E-state index < -0.39 is 0 Å². The van der Waals surface area contributed by atoms with Gasteiger partial charge in [0.05, 0.1) is 28.1 Å². The average Bonchev–Trinajstić information content (AvgIpc) is 3.10. The van der Waals surface area contributed by atoms with Crippen LogP contribution in [0.2, 0.25) is 5.02 Å². The number of aromatic nitrogens is 4. The van der Waals surface area contributed by atoms with Crippen LogP contribution in [0, 0.1) is 18.3 Å². The maximum absolute atomic E-state index is 9.32. The van der Waals surface area contributed by atoms with Crippen molar-refractivity contribution in [1.82, 2.24) is 20.2 Å². The highest BCUT2D eigenvalue weighted by Gasteiger charge is 2.17. The Hall–Kier alpha value is -3.43. The first-order chi connectivity index (χ1) is 12.6. The number of hydrogen-bond acceptors (Lipinski definition) is 5. The normalized spacial score (nSPS) is 10.8. The number of benzene rings is 2. The van der Waals surface area contributed by atoms with Crippen molar-refractivity contribution >= 4 is 28.3 Å². The maximum Gasteiger partial charge on any atom is 0.183 e. The molecule has 7 heteroatoms. The van der Waals surface area contributed by atoms with Crippen LogP contribution >= 0.6 is 11.6 Å². The van der Waals surface area contributed by atoms with E-state index in [1.807, 2.05) is 43.3 Å². The molecular formula is C19H13ClN6. The minimum Gasteiger partial charge on any atom is -0.381 e. The van der Waals surface area contributed by atoms with Crippen molar-refractivity contribution in [2.45, 2.75) is 6.92 Å². The van der Waals surface area contributed by atoms with Gasteiger partial charge in [0.25, 0.3) is 0 Å². The summed E-state index contributed by atoms with van der Waals surface area (Å²) in [5.74, 6) is 0.100. The molecule has 2 heterocycles. The van der Waals surface area contributed by atoms with Crippen LogP contribution in [-0.2, 0) is 0 Å². The Morgan fingerprint density at radius 1 is 1.12 bits per heavy atom. The second kappa shape index (κ2) is 6.14. The number of rotatable bonds is 2. The number of nitrogens with two attached hydrogens (primary N) is 1. The van der Waals surface area contributed by atoms with Gasteiger partial charge in [0.2, 0.25) is 0 Å². The summed E-state index contributed by atoms with van der Waals surface area (Å²) in [4.78, 5) is 8.92. The van der Waals surface area contributed by atoms with Crippen LogP contribution in [-0.4, -0.2) is 20.2 Å². The molecule has 6 nitrogen and oxygen atoms in total. The third-order valence-electron chi connectivity index (χ3n) is 4.09. The van der Waals surface area contributed by atoms with Gasteiger partial charge in [-0.25, -0.2) is 9.97 Å². The second-order valence-electron chi connectivity index (χ2n) is 5.93. The topological polar surface area (TPSA) is 104 Å². The standard InChI is InChI=1S/C19H13ClN6/c1-10-3-2-4-11(5-10)17-18(24-15(8-21)19(22)25-17)12-6-13-9-23-26-16(13)14(20)7-12/h2-7,9H,1H3,(H2,22,25)(H,23,26). The van der Waals surface area contributed by atoms with E-state index in [0.29, 0.717) is 16.4 Å². The van der Waals surface area contributed by atoms with Crippen LogP contribution in [0.15, 0.2) is 42.6 Å². The van der Waals surface area contributed by atoms with Gasteiger partial charge in [0.15, 0.2) is 11.5 Å². The lowest BCUT2D eigenvalue weighted by Crippen LogP contribution is -2.03. The van der Waals surface area contributed by atoms with E-state index in [0.717, 1.165) is 27.6 Å². The Morgan fingerprint density at radius 3 is 2.69 bits per heavy atom. The van der Waals surface area contributed by atoms with Crippen molar-refractivity contribution in [2.24, 2.45) is 0 Å².